The summed E-state index contributed by atoms with van der Waals surface area (Å²) in [7, 11) is 0. The molecule has 10 N–H and O–H groups in total. The van der Waals surface area contributed by atoms with Gasteiger partial charge in [-0.25, -0.2) is 4.79 Å². The van der Waals surface area contributed by atoms with Gasteiger partial charge in [0.05, 0.1) is 6.04 Å². The van der Waals surface area contributed by atoms with Gasteiger partial charge in [0.1, 0.15) is 18.1 Å². The number of nitrogens with one attached hydrogen (secondary N) is 3. The van der Waals surface area contributed by atoms with E-state index in [0.29, 0.717) is 50.9 Å². The zero-order valence-electron chi connectivity index (χ0n) is 19.3. The van der Waals surface area contributed by atoms with Crippen molar-refractivity contribution in [3.63, 3.8) is 0 Å². The first-order chi connectivity index (χ1) is 15.7. The summed E-state index contributed by atoms with van der Waals surface area (Å²) in [4.78, 5) is 49.4. The fraction of sp³-hybridized carbons (Fsp3) is 0.800. The van der Waals surface area contributed by atoms with Crippen molar-refractivity contribution in [2.45, 2.75) is 69.1 Å². The van der Waals surface area contributed by atoms with Gasteiger partial charge in [0, 0.05) is 5.75 Å². The van der Waals surface area contributed by atoms with Crippen molar-refractivity contribution in [3.8, 4) is 0 Å². The summed E-state index contributed by atoms with van der Waals surface area (Å²) in [6.07, 6.45) is 5.59. The van der Waals surface area contributed by atoms with E-state index in [0.717, 1.165) is 6.42 Å². The van der Waals surface area contributed by atoms with Crippen LogP contribution in [0.4, 0.5) is 0 Å². The Morgan fingerprint density at radius 1 is 0.818 bits per heavy atom. The lowest BCUT2D eigenvalue weighted by Gasteiger charge is -2.25. The minimum Gasteiger partial charge on any atom is -0.480 e. The zero-order valence-corrected chi connectivity index (χ0v) is 21.0. The molecule has 3 amide bonds. The summed E-state index contributed by atoms with van der Waals surface area (Å²) in [5, 5.41) is 16.9. The van der Waals surface area contributed by atoms with Crippen molar-refractivity contribution in [1.29, 1.82) is 0 Å². The number of hydrogen-bond acceptors (Lipinski definition) is 9. The SMILES string of the molecule is CSCCC(NC(=O)C(N)CCCCN)C(=O)NC(CCCCN)C(=O)NC(CS)C(=O)O. The Hall–Kier alpha value is -1.54. The summed E-state index contributed by atoms with van der Waals surface area (Å²) in [6, 6.07) is -3.81. The highest BCUT2D eigenvalue weighted by molar-refractivity contribution is 7.98. The van der Waals surface area contributed by atoms with E-state index in [-0.39, 0.29) is 12.2 Å². The van der Waals surface area contributed by atoms with Crippen LogP contribution in [0.25, 0.3) is 0 Å². The van der Waals surface area contributed by atoms with Crippen LogP contribution in [0.5, 0.6) is 0 Å². The number of amides is 3. The van der Waals surface area contributed by atoms with Crippen molar-refractivity contribution >= 4 is 48.1 Å². The minimum absolute atomic E-state index is 0.0982. The number of thiol groups is 1. The Balaban J connectivity index is 5.29. The van der Waals surface area contributed by atoms with Crippen LogP contribution in [-0.4, -0.2) is 83.8 Å². The summed E-state index contributed by atoms with van der Waals surface area (Å²) in [6.45, 7) is 0.932. The van der Waals surface area contributed by atoms with Gasteiger partial charge in [-0.3, -0.25) is 14.4 Å². The van der Waals surface area contributed by atoms with Gasteiger partial charge in [0.25, 0.3) is 0 Å². The van der Waals surface area contributed by atoms with Gasteiger partial charge in [0.2, 0.25) is 17.7 Å². The van der Waals surface area contributed by atoms with E-state index in [9.17, 15) is 24.3 Å². The zero-order chi connectivity index (χ0) is 25.2. The quantitative estimate of drug-likeness (QED) is 0.0778. The van der Waals surface area contributed by atoms with Crippen LogP contribution in [0, 0.1) is 0 Å². The van der Waals surface area contributed by atoms with Crippen molar-refractivity contribution in [2.75, 3.05) is 30.9 Å². The number of rotatable bonds is 19. The summed E-state index contributed by atoms with van der Waals surface area (Å²) in [5.74, 6) is -2.32. The first kappa shape index (κ1) is 31.5. The van der Waals surface area contributed by atoms with Crippen LogP contribution in [-0.2, 0) is 19.2 Å². The molecule has 0 aliphatic heterocycles. The molecule has 0 spiro atoms. The van der Waals surface area contributed by atoms with Crippen molar-refractivity contribution < 1.29 is 24.3 Å². The van der Waals surface area contributed by atoms with Crippen molar-refractivity contribution in [1.82, 2.24) is 16.0 Å². The molecule has 4 atom stereocenters. The van der Waals surface area contributed by atoms with Gasteiger partial charge in [0.15, 0.2) is 0 Å². The Labute approximate surface area is 205 Å². The second-order valence-electron chi connectivity index (χ2n) is 7.66. The second-order valence-corrected chi connectivity index (χ2v) is 9.01. The molecule has 0 aromatic carbocycles. The Morgan fingerprint density at radius 2 is 1.30 bits per heavy atom. The van der Waals surface area contributed by atoms with Crippen LogP contribution >= 0.6 is 24.4 Å². The fourth-order valence-corrected chi connectivity index (χ4v) is 3.63. The summed E-state index contributed by atoms with van der Waals surface area (Å²) < 4.78 is 0. The predicted molar refractivity (Wildman–Crippen MR) is 134 cm³/mol. The highest BCUT2D eigenvalue weighted by Crippen LogP contribution is 2.07. The summed E-state index contributed by atoms with van der Waals surface area (Å²) >= 11 is 5.46. The van der Waals surface area contributed by atoms with Gasteiger partial charge in [-0.05, 0) is 63.6 Å². The smallest absolute Gasteiger partial charge is 0.327 e. The van der Waals surface area contributed by atoms with Gasteiger partial charge >= 0.3 is 5.97 Å². The average Bonchev–Trinajstić information content (AvgIpc) is 2.78. The molecule has 33 heavy (non-hydrogen) atoms. The number of hydrogen-bond donors (Lipinski definition) is 8. The normalized spacial score (nSPS) is 14.6. The number of carbonyl (C=O) groups excluding carboxylic acids is 3. The monoisotopic (exact) mass is 508 g/mol. The largest absolute Gasteiger partial charge is 0.480 e. The minimum atomic E-state index is -1.22. The van der Waals surface area contributed by atoms with Crippen LogP contribution in [0.15, 0.2) is 0 Å². The molecule has 192 valence electrons. The molecule has 0 aliphatic rings. The highest BCUT2D eigenvalue weighted by Gasteiger charge is 2.29. The molecule has 0 radical (unpaired) electrons. The topological polar surface area (TPSA) is 203 Å². The van der Waals surface area contributed by atoms with Crippen LogP contribution in [0.2, 0.25) is 0 Å². The Kier molecular flexibility index (Phi) is 18.0. The molecule has 0 fully saturated rings. The number of carboxylic acids is 1. The van der Waals surface area contributed by atoms with E-state index < -0.39 is 47.9 Å². The van der Waals surface area contributed by atoms with Crippen molar-refractivity contribution in [3.05, 3.63) is 0 Å². The maximum Gasteiger partial charge on any atom is 0.327 e. The van der Waals surface area contributed by atoms with Gasteiger partial charge < -0.3 is 38.3 Å². The Morgan fingerprint density at radius 3 is 1.79 bits per heavy atom. The third-order valence-corrected chi connectivity index (χ3v) is 5.94. The number of aliphatic carboxylic acids is 1. The van der Waals surface area contributed by atoms with Gasteiger partial charge in [-0.1, -0.05) is 6.42 Å². The van der Waals surface area contributed by atoms with E-state index >= 15 is 0 Å². The van der Waals surface area contributed by atoms with E-state index in [4.69, 9.17) is 17.2 Å². The molecule has 13 heteroatoms. The molecule has 0 saturated carbocycles. The molecular formula is C20H40N6O5S2. The maximum atomic E-state index is 13.0. The van der Waals surface area contributed by atoms with Crippen LogP contribution in [0.3, 0.4) is 0 Å². The number of carboxylic acid groups (broad SMARTS) is 1. The molecule has 0 aromatic rings. The van der Waals surface area contributed by atoms with E-state index in [1.807, 2.05) is 6.26 Å². The fourth-order valence-electron chi connectivity index (χ4n) is 2.91. The first-order valence-electron chi connectivity index (χ1n) is 11.1. The third-order valence-electron chi connectivity index (χ3n) is 4.93. The molecular weight excluding hydrogens is 468 g/mol. The molecule has 11 nitrogen and oxygen atoms in total. The molecule has 0 aromatic heterocycles. The first-order valence-corrected chi connectivity index (χ1v) is 13.1. The molecule has 0 aliphatic carbocycles. The van der Waals surface area contributed by atoms with Gasteiger partial charge in [-0.15, -0.1) is 0 Å². The van der Waals surface area contributed by atoms with Crippen molar-refractivity contribution in [2.24, 2.45) is 17.2 Å². The highest BCUT2D eigenvalue weighted by atomic mass is 32.2. The third kappa shape index (κ3) is 13.7. The second kappa shape index (κ2) is 18.8. The molecule has 0 saturated heterocycles. The standard InChI is InChI=1S/C20H40N6O5S2/c1-33-11-8-15(24-17(27)13(23)6-2-4-9-21)19(29)25-14(7-3-5-10-22)18(28)26-16(12-32)20(30)31/h13-16,32H,2-12,21-23H2,1H3,(H,24,27)(H,25,29)(H,26,28)(H,30,31). The number of carbonyl (C=O) groups is 4. The molecule has 4 unspecified atom stereocenters. The van der Waals surface area contributed by atoms with E-state index in [1.165, 1.54) is 11.8 Å². The van der Waals surface area contributed by atoms with Crippen LogP contribution in [0.1, 0.15) is 44.9 Å². The lowest BCUT2D eigenvalue weighted by molar-refractivity contribution is -0.141. The predicted octanol–water partition coefficient (Wildman–Crippen LogP) is -1.21. The molecule has 0 rings (SSSR count). The van der Waals surface area contributed by atoms with E-state index in [2.05, 4.69) is 28.6 Å². The summed E-state index contributed by atoms with van der Waals surface area (Å²) in [5.41, 5.74) is 16.9. The average molecular weight is 509 g/mol. The van der Waals surface area contributed by atoms with Crippen LogP contribution < -0.4 is 33.2 Å². The number of thioether (sulfide) groups is 1. The van der Waals surface area contributed by atoms with E-state index in [1.54, 1.807) is 0 Å². The number of nitrogens with two attached hydrogens (primary N) is 3. The lowest BCUT2D eigenvalue weighted by Crippen LogP contribution is -2.57. The molecule has 0 heterocycles. The Bertz CT molecular complexity index is 613. The maximum absolute atomic E-state index is 13.0. The molecule has 0 bridgehead atoms. The number of unbranched alkanes of at least 4 members (excludes halogenated alkanes) is 2. The van der Waals surface area contributed by atoms with Gasteiger partial charge in [-0.2, -0.15) is 24.4 Å². The lowest BCUT2D eigenvalue weighted by atomic mass is 10.1.